The topological polar surface area (TPSA) is 0 Å². The first-order valence-corrected chi connectivity index (χ1v) is 31.7. The van der Waals surface area contributed by atoms with E-state index < -0.39 is 0 Å². The van der Waals surface area contributed by atoms with Crippen LogP contribution >= 0.6 is 0 Å². The Labute approximate surface area is 504 Å². The van der Waals surface area contributed by atoms with Gasteiger partial charge in [-0.05, 0) is 122 Å². The van der Waals surface area contributed by atoms with Crippen LogP contribution in [0.3, 0.4) is 0 Å². The highest BCUT2D eigenvalue weighted by atomic mass is 14.1. The number of hydrogen-bond donors (Lipinski definition) is 0. The number of benzene rings is 9. The van der Waals surface area contributed by atoms with Gasteiger partial charge in [-0.3, -0.25) is 0 Å². The molecule has 0 fully saturated rings. The van der Waals surface area contributed by atoms with E-state index in [1.54, 1.807) is 0 Å². The average molecular weight is 1090 g/mol. The Morgan fingerprint density at radius 2 is 0.222 bits per heavy atom. The van der Waals surface area contributed by atoms with Gasteiger partial charge in [-0.1, -0.05) is 385 Å². The number of hydrogen-bond acceptors (Lipinski definition) is 0. The van der Waals surface area contributed by atoms with Gasteiger partial charge in [0, 0.05) is 0 Å². The molecule has 0 aliphatic heterocycles. The summed E-state index contributed by atoms with van der Waals surface area (Å²) >= 11 is 0. The molecule has 0 heteroatoms. The smallest absolute Gasteiger partial charge is 0.0175 e. The van der Waals surface area contributed by atoms with Gasteiger partial charge in [0.2, 0.25) is 0 Å². The Morgan fingerprint density at radius 1 is 0.123 bits per heavy atom. The molecule has 0 heterocycles. The molecule has 0 amide bonds. The Kier molecular flexibility index (Phi) is 67.2. The molecule has 0 unspecified atom stereocenters. The highest BCUT2D eigenvalue weighted by Gasteiger charge is 2.06. The van der Waals surface area contributed by atoms with E-state index in [0.717, 1.165) is 0 Å². The van der Waals surface area contributed by atoms with E-state index in [1.807, 2.05) is 166 Å². The van der Waals surface area contributed by atoms with Gasteiger partial charge in [0.05, 0.1) is 0 Å². The predicted molar refractivity (Wildman–Crippen MR) is 382 cm³/mol. The first kappa shape index (κ1) is 85.3. The molecule has 9 rings (SSSR count). The normalized spacial score (nSPS) is 8.19. The van der Waals surface area contributed by atoms with Gasteiger partial charge < -0.3 is 0 Å². The van der Waals surface area contributed by atoms with Crippen molar-refractivity contribution in [2.24, 2.45) is 0 Å². The van der Waals surface area contributed by atoms with Crippen molar-refractivity contribution in [3.63, 3.8) is 0 Å². The third-order valence-corrected chi connectivity index (χ3v) is 9.87. The fourth-order valence-electron chi connectivity index (χ4n) is 7.13. The zero-order chi connectivity index (χ0) is 63.2. The molecule has 0 saturated heterocycles. The van der Waals surface area contributed by atoms with Crippen LogP contribution in [-0.2, 0) is 0 Å². The molecule has 0 aliphatic carbocycles. The SMILES string of the molecule is CC.CC.CC.CC.CC.CC.CC.CC.CC.CC.CC.CC.Cc1cc(-c2ccccc2)cc(-c2ccccc2)c1.Cc1cc(-c2ccccc2)cc(-c2ccccc2)c1.Cc1cc(-c2ccccc2)cc(-c2ccccc2)c1. The summed E-state index contributed by atoms with van der Waals surface area (Å²) in [5.74, 6) is 0. The van der Waals surface area contributed by atoms with Gasteiger partial charge in [-0.15, -0.1) is 0 Å². The summed E-state index contributed by atoms with van der Waals surface area (Å²) in [5.41, 5.74) is 19.1. The fourth-order valence-corrected chi connectivity index (χ4v) is 7.13. The fraction of sp³-hybridized carbons (Fsp3) is 0.333. The highest BCUT2D eigenvalue weighted by molar-refractivity contribution is 5.76. The van der Waals surface area contributed by atoms with Gasteiger partial charge in [-0.25, -0.2) is 0 Å². The van der Waals surface area contributed by atoms with Crippen molar-refractivity contribution < 1.29 is 0 Å². The average Bonchev–Trinajstić information content (AvgIpc) is 3.61. The summed E-state index contributed by atoms with van der Waals surface area (Å²) in [4.78, 5) is 0. The molecule has 0 radical (unpaired) electrons. The van der Waals surface area contributed by atoms with Gasteiger partial charge in [0.15, 0.2) is 0 Å². The van der Waals surface area contributed by atoms with Gasteiger partial charge in [0.1, 0.15) is 0 Å². The van der Waals surface area contributed by atoms with E-state index in [9.17, 15) is 0 Å². The van der Waals surface area contributed by atoms with Gasteiger partial charge in [-0.2, -0.15) is 0 Å². The minimum absolute atomic E-state index is 1.27. The zero-order valence-electron chi connectivity index (χ0n) is 57.0. The summed E-state index contributed by atoms with van der Waals surface area (Å²) in [5, 5.41) is 0. The maximum absolute atomic E-state index is 2.26. The van der Waals surface area contributed by atoms with Gasteiger partial charge in [0.25, 0.3) is 0 Å². The van der Waals surface area contributed by atoms with Crippen LogP contribution in [0.1, 0.15) is 183 Å². The van der Waals surface area contributed by atoms with Crippen LogP contribution in [0.2, 0.25) is 0 Å². The second kappa shape index (κ2) is 63.8. The van der Waals surface area contributed by atoms with E-state index in [0.29, 0.717) is 0 Å². The van der Waals surface area contributed by atoms with Crippen LogP contribution in [0.15, 0.2) is 237 Å². The largest absolute Gasteiger partial charge is 0.0683 e. The molecule has 9 aromatic rings. The number of rotatable bonds is 6. The summed E-state index contributed by atoms with van der Waals surface area (Å²) in [6.45, 7) is 54.5. The van der Waals surface area contributed by atoms with Crippen molar-refractivity contribution in [2.75, 3.05) is 0 Å². The minimum atomic E-state index is 1.27. The van der Waals surface area contributed by atoms with E-state index in [2.05, 4.69) is 257 Å². The Morgan fingerprint density at radius 3 is 0.321 bits per heavy atom. The summed E-state index contributed by atoms with van der Waals surface area (Å²) in [6, 6.07) is 83.4. The van der Waals surface area contributed by atoms with E-state index >= 15 is 0 Å². The molecule has 0 aromatic heterocycles. The molecule has 0 N–H and O–H groups in total. The molecule has 444 valence electrons. The van der Waals surface area contributed by atoms with Gasteiger partial charge >= 0.3 is 0 Å². The quantitative estimate of drug-likeness (QED) is 0.156. The summed E-state index contributed by atoms with van der Waals surface area (Å²) in [7, 11) is 0. The molecule has 0 atom stereocenters. The lowest BCUT2D eigenvalue weighted by Gasteiger charge is -2.08. The summed E-state index contributed by atoms with van der Waals surface area (Å²) < 4.78 is 0. The van der Waals surface area contributed by atoms with Crippen molar-refractivity contribution in [3.8, 4) is 66.8 Å². The van der Waals surface area contributed by atoms with Crippen LogP contribution in [0.4, 0.5) is 0 Å². The molecule has 0 bridgehead atoms. The van der Waals surface area contributed by atoms with Crippen molar-refractivity contribution >= 4 is 0 Å². The van der Waals surface area contributed by atoms with E-state index in [1.165, 1.54) is 83.5 Å². The molecule has 81 heavy (non-hydrogen) atoms. The zero-order valence-corrected chi connectivity index (χ0v) is 57.0. The van der Waals surface area contributed by atoms with Crippen LogP contribution < -0.4 is 0 Å². The molecule has 0 spiro atoms. The first-order valence-electron chi connectivity index (χ1n) is 31.7. The maximum atomic E-state index is 2.26. The van der Waals surface area contributed by atoms with Crippen LogP contribution in [0.5, 0.6) is 0 Å². The molecule has 0 nitrogen and oxygen atoms in total. The lowest BCUT2D eigenvalue weighted by molar-refractivity contribution is 1.46. The highest BCUT2D eigenvalue weighted by Crippen LogP contribution is 2.30. The van der Waals surface area contributed by atoms with Crippen molar-refractivity contribution in [1.82, 2.24) is 0 Å². The molecule has 0 aliphatic rings. The molecule has 9 aromatic carbocycles. The minimum Gasteiger partial charge on any atom is -0.0683 e. The van der Waals surface area contributed by atoms with Crippen LogP contribution in [-0.4, -0.2) is 0 Å². The standard InChI is InChI=1S/3C19H16.12C2H6/c3*1-15-12-18(16-8-4-2-5-9-16)14-19(13-15)17-10-6-3-7-11-17;12*1-2/h3*2-14H,1H3;12*1-2H3. The van der Waals surface area contributed by atoms with Crippen LogP contribution in [0, 0.1) is 20.8 Å². The first-order chi connectivity index (χ1) is 40.0. The summed E-state index contributed by atoms with van der Waals surface area (Å²) in [6.07, 6.45) is 0. The van der Waals surface area contributed by atoms with E-state index in [4.69, 9.17) is 0 Å². The van der Waals surface area contributed by atoms with Crippen molar-refractivity contribution in [1.29, 1.82) is 0 Å². The number of aryl methyl sites for hydroxylation is 3. The predicted octanol–water partition coefficient (Wildman–Crippen LogP) is 28.3. The van der Waals surface area contributed by atoms with Crippen LogP contribution in [0.25, 0.3) is 66.8 Å². The second-order valence-electron chi connectivity index (χ2n) is 14.5. The monoisotopic (exact) mass is 1090 g/mol. The second-order valence-corrected chi connectivity index (χ2v) is 14.5. The molecule has 0 saturated carbocycles. The lowest BCUT2D eigenvalue weighted by atomic mass is 9.97. The Balaban J connectivity index is -0.000000219. The maximum Gasteiger partial charge on any atom is -0.0175 e. The van der Waals surface area contributed by atoms with Crippen molar-refractivity contribution in [3.05, 3.63) is 253 Å². The third kappa shape index (κ3) is 36.1. The molecular formula is C81H120. The third-order valence-electron chi connectivity index (χ3n) is 9.87. The van der Waals surface area contributed by atoms with E-state index in [-0.39, 0.29) is 0 Å². The molecular weight excluding hydrogens is 973 g/mol. The Bertz CT molecular complexity index is 2120. The van der Waals surface area contributed by atoms with Crippen molar-refractivity contribution in [2.45, 2.75) is 187 Å². The Hall–Kier alpha value is -7.02. The lowest BCUT2D eigenvalue weighted by Crippen LogP contribution is -1.84.